The summed E-state index contributed by atoms with van der Waals surface area (Å²) >= 11 is 0. The van der Waals surface area contributed by atoms with Crippen molar-refractivity contribution in [1.29, 1.82) is 0 Å². The molecular weight excluding hydrogens is 341 g/mol. The fraction of sp³-hybridized carbons (Fsp3) is 0.400. The lowest BCUT2D eigenvalue weighted by molar-refractivity contribution is -0.157. The maximum atomic E-state index is 12.5. The molecule has 11 heteroatoms. The van der Waals surface area contributed by atoms with Crippen molar-refractivity contribution >= 4 is 12.4 Å². The Kier molecular flexibility index (Phi) is 5.59. The summed E-state index contributed by atoms with van der Waals surface area (Å²) in [5.74, 6) is 0. The summed E-state index contributed by atoms with van der Waals surface area (Å²) in [6.45, 7) is 0. The summed E-state index contributed by atoms with van der Waals surface area (Å²) in [7, 11) is 0. The smallest absolute Gasteiger partial charge is 0.316 e. The van der Waals surface area contributed by atoms with Crippen LogP contribution in [0.5, 0.6) is 0 Å². The molecule has 0 spiro atoms. The molecule has 2 N–H and O–H groups in total. The molecule has 0 aromatic heterocycles. The topological polar surface area (TPSA) is 26.0 Å². The Hall–Kier alpha value is -1.16. The number of nitrogens with two attached hydrogens (primary N) is 1. The third kappa shape index (κ3) is 4.67. The summed E-state index contributed by atoms with van der Waals surface area (Å²) in [4.78, 5) is 0. The lowest BCUT2D eigenvalue weighted by atomic mass is 9.97. The SMILES string of the molecule is Cl.N[C@H](c1cc(C(F)(F)F)ccc1C(F)(F)F)C(F)(F)F. The van der Waals surface area contributed by atoms with Gasteiger partial charge in [0.05, 0.1) is 11.1 Å². The second-order valence-electron chi connectivity index (χ2n) is 3.82. The van der Waals surface area contributed by atoms with E-state index in [1.165, 1.54) is 0 Å². The Morgan fingerprint density at radius 2 is 1.29 bits per heavy atom. The first-order valence-electron chi connectivity index (χ1n) is 4.85. The van der Waals surface area contributed by atoms with Gasteiger partial charge in [0, 0.05) is 0 Å². The van der Waals surface area contributed by atoms with E-state index in [-0.39, 0.29) is 30.6 Å². The van der Waals surface area contributed by atoms with Gasteiger partial charge in [-0.05, 0) is 23.8 Å². The van der Waals surface area contributed by atoms with E-state index in [4.69, 9.17) is 0 Å². The summed E-state index contributed by atoms with van der Waals surface area (Å²) in [6.07, 6.45) is -15.6. The molecule has 0 heterocycles. The van der Waals surface area contributed by atoms with Crippen LogP contribution in [-0.2, 0) is 12.4 Å². The number of rotatable bonds is 1. The fourth-order valence-electron chi connectivity index (χ4n) is 1.43. The molecule has 0 aliphatic carbocycles. The van der Waals surface area contributed by atoms with Crippen LogP contribution in [0.1, 0.15) is 22.7 Å². The van der Waals surface area contributed by atoms with Crippen LogP contribution in [-0.4, -0.2) is 6.18 Å². The van der Waals surface area contributed by atoms with E-state index in [0.717, 1.165) is 0 Å². The van der Waals surface area contributed by atoms with Crippen molar-refractivity contribution in [2.75, 3.05) is 0 Å². The monoisotopic (exact) mass is 347 g/mol. The third-order valence-corrected chi connectivity index (χ3v) is 2.37. The summed E-state index contributed by atoms with van der Waals surface area (Å²) in [5, 5.41) is 0. The molecule has 0 unspecified atom stereocenters. The van der Waals surface area contributed by atoms with Crippen LogP contribution in [0.2, 0.25) is 0 Å². The van der Waals surface area contributed by atoms with E-state index in [1.807, 2.05) is 0 Å². The Labute approximate surface area is 118 Å². The Morgan fingerprint density at radius 3 is 1.62 bits per heavy atom. The van der Waals surface area contributed by atoms with E-state index in [0.29, 0.717) is 0 Å². The van der Waals surface area contributed by atoms with E-state index >= 15 is 0 Å². The van der Waals surface area contributed by atoms with Crippen LogP contribution in [0.15, 0.2) is 18.2 Å². The average Bonchev–Trinajstić information content (AvgIpc) is 2.23. The van der Waals surface area contributed by atoms with Gasteiger partial charge in [0.15, 0.2) is 0 Å². The zero-order valence-corrected chi connectivity index (χ0v) is 10.5. The maximum absolute atomic E-state index is 12.5. The number of benzene rings is 1. The van der Waals surface area contributed by atoms with Gasteiger partial charge in [0.2, 0.25) is 0 Å². The number of hydrogen-bond donors (Lipinski definition) is 1. The highest BCUT2D eigenvalue weighted by Crippen LogP contribution is 2.41. The molecule has 0 bridgehead atoms. The van der Waals surface area contributed by atoms with Gasteiger partial charge in [-0.2, -0.15) is 39.5 Å². The van der Waals surface area contributed by atoms with Gasteiger partial charge in [0.25, 0.3) is 0 Å². The molecule has 1 aromatic carbocycles. The first-order valence-corrected chi connectivity index (χ1v) is 4.85. The molecule has 0 saturated heterocycles. The quantitative estimate of drug-likeness (QED) is 0.732. The molecule has 0 saturated carbocycles. The zero-order valence-electron chi connectivity index (χ0n) is 9.70. The first-order chi connectivity index (χ1) is 8.74. The molecule has 0 fully saturated rings. The van der Waals surface area contributed by atoms with Crippen LogP contribution >= 0.6 is 12.4 Å². The summed E-state index contributed by atoms with van der Waals surface area (Å²) in [5.41, 5.74) is -0.568. The standard InChI is InChI=1S/C10H6F9N.ClH/c11-8(12,13)4-1-2-6(9(14,15)16)5(3-4)7(20)10(17,18)19;/h1-3,7H,20H2;1H/t7-;/m1./s1. The van der Waals surface area contributed by atoms with Gasteiger partial charge in [-0.25, -0.2) is 0 Å². The van der Waals surface area contributed by atoms with Crippen molar-refractivity contribution in [3.63, 3.8) is 0 Å². The van der Waals surface area contributed by atoms with Crippen LogP contribution < -0.4 is 5.73 Å². The van der Waals surface area contributed by atoms with Crippen molar-refractivity contribution < 1.29 is 39.5 Å². The first kappa shape index (κ1) is 19.8. The Morgan fingerprint density at radius 1 is 0.810 bits per heavy atom. The van der Waals surface area contributed by atoms with E-state index < -0.39 is 41.3 Å². The van der Waals surface area contributed by atoms with Crippen LogP contribution in [0, 0.1) is 0 Å². The predicted octanol–water partition coefficient (Wildman–Crippen LogP) is 4.71. The Bertz CT molecular complexity index is 489. The second-order valence-corrected chi connectivity index (χ2v) is 3.82. The Balaban J connectivity index is 0.00000400. The fourth-order valence-corrected chi connectivity index (χ4v) is 1.43. The van der Waals surface area contributed by atoms with Gasteiger partial charge in [-0.1, -0.05) is 0 Å². The zero-order chi connectivity index (χ0) is 15.9. The summed E-state index contributed by atoms with van der Waals surface area (Å²) in [6, 6.07) is -3.42. The largest absolute Gasteiger partial charge is 0.416 e. The predicted molar refractivity (Wildman–Crippen MR) is 56.7 cm³/mol. The van der Waals surface area contributed by atoms with Gasteiger partial charge < -0.3 is 5.73 Å². The van der Waals surface area contributed by atoms with Crippen molar-refractivity contribution in [2.24, 2.45) is 5.73 Å². The van der Waals surface area contributed by atoms with Gasteiger partial charge >= 0.3 is 18.5 Å². The molecule has 0 amide bonds. The molecule has 0 aliphatic rings. The number of halogens is 10. The van der Waals surface area contributed by atoms with E-state index in [9.17, 15) is 39.5 Å². The summed E-state index contributed by atoms with van der Waals surface area (Å²) < 4.78 is 112. The van der Waals surface area contributed by atoms with Gasteiger partial charge in [-0.15, -0.1) is 12.4 Å². The lowest BCUT2D eigenvalue weighted by Gasteiger charge is -2.22. The van der Waals surface area contributed by atoms with Crippen molar-refractivity contribution in [2.45, 2.75) is 24.6 Å². The maximum Gasteiger partial charge on any atom is 0.416 e. The molecule has 0 radical (unpaired) electrons. The highest BCUT2D eigenvalue weighted by molar-refractivity contribution is 5.85. The lowest BCUT2D eigenvalue weighted by Crippen LogP contribution is -2.31. The van der Waals surface area contributed by atoms with Crippen molar-refractivity contribution in [1.82, 2.24) is 0 Å². The molecule has 21 heavy (non-hydrogen) atoms. The highest BCUT2D eigenvalue weighted by Gasteiger charge is 2.45. The van der Waals surface area contributed by atoms with Gasteiger partial charge in [0.1, 0.15) is 6.04 Å². The highest BCUT2D eigenvalue weighted by atomic mass is 35.5. The second kappa shape index (κ2) is 5.91. The van der Waals surface area contributed by atoms with Crippen molar-refractivity contribution in [3.05, 3.63) is 34.9 Å². The molecule has 1 atom stereocenters. The van der Waals surface area contributed by atoms with E-state index in [2.05, 4.69) is 5.73 Å². The average molecular weight is 348 g/mol. The minimum atomic E-state index is -5.30. The minimum absolute atomic E-state index is 0. The molecule has 1 aromatic rings. The molecule has 1 nitrogen and oxygen atoms in total. The van der Waals surface area contributed by atoms with Crippen molar-refractivity contribution in [3.8, 4) is 0 Å². The molecule has 1 rings (SSSR count). The molecular formula is C10H7ClF9N. The minimum Gasteiger partial charge on any atom is -0.316 e. The van der Waals surface area contributed by atoms with E-state index in [1.54, 1.807) is 0 Å². The molecule has 0 aliphatic heterocycles. The normalized spacial score (nSPS) is 14.6. The molecule has 122 valence electrons. The number of alkyl halides is 9. The van der Waals surface area contributed by atoms with Gasteiger partial charge in [-0.3, -0.25) is 0 Å². The third-order valence-electron chi connectivity index (χ3n) is 2.37. The van der Waals surface area contributed by atoms with Crippen LogP contribution in [0.25, 0.3) is 0 Å². The number of hydrogen-bond acceptors (Lipinski definition) is 1. The van der Waals surface area contributed by atoms with Crippen LogP contribution in [0.4, 0.5) is 39.5 Å². The van der Waals surface area contributed by atoms with Crippen LogP contribution in [0.3, 0.4) is 0 Å².